The van der Waals surface area contributed by atoms with Crippen LogP contribution in [0, 0.1) is 15.9 Å². The van der Waals surface area contributed by atoms with Gasteiger partial charge in [-0.15, -0.1) is 0 Å². The lowest BCUT2D eigenvalue weighted by Crippen LogP contribution is -2.10. The van der Waals surface area contributed by atoms with Gasteiger partial charge < -0.3 is 5.73 Å². The van der Waals surface area contributed by atoms with E-state index in [4.69, 9.17) is 5.73 Å². The van der Waals surface area contributed by atoms with Crippen LogP contribution < -0.4 is 5.73 Å². The van der Waals surface area contributed by atoms with Crippen LogP contribution in [0.4, 0.5) is 10.1 Å². The molecule has 0 aliphatic heterocycles. The lowest BCUT2D eigenvalue weighted by molar-refractivity contribution is -0.385. The first-order chi connectivity index (χ1) is 6.04. The minimum atomic E-state index is -0.679. The molecule has 1 aromatic rings. The molecular formula is C8H9FN2O2. The SMILES string of the molecule is CC(N)c1c(F)cccc1[N+](=O)[O-]. The lowest BCUT2D eigenvalue weighted by atomic mass is 10.1. The van der Waals surface area contributed by atoms with E-state index in [9.17, 15) is 14.5 Å². The van der Waals surface area contributed by atoms with E-state index in [0.717, 1.165) is 6.07 Å². The van der Waals surface area contributed by atoms with E-state index in [1.165, 1.54) is 19.1 Å². The summed E-state index contributed by atoms with van der Waals surface area (Å²) < 4.78 is 13.1. The topological polar surface area (TPSA) is 69.2 Å². The molecule has 5 heteroatoms. The Balaban J connectivity index is 3.34. The van der Waals surface area contributed by atoms with Crippen LogP contribution in [-0.2, 0) is 0 Å². The van der Waals surface area contributed by atoms with Gasteiger partial charge in [-0.1, -0.05) is 6.07 Å². The fourth-order valence-corrected chi connectivity index (χ4v) is 1.14. The minimum Gasteiger partial charge on any atom is -0.324 e. The normalized spacial score (nSPS) is 12.5. The molecule has 70 valence electrons. The summed E-state index contributed by atoms with van der Waals surface area (Å²) in [6.45, 7) is 1.51. The van der Waals surface area contributed by atoms with Gasteiger partial charge in [-0.3, -0.25) is 10.1 Å². The number of benzene rings is 1. The van der Waals surface area contributed by atoms with Crippen molar-refractivity contribution >= 4 is 5.69 Å². The first-order valence-electron chi connectivity index (χ1n) is 3.72. The molecule has 0 saturated carbocycles. The summed E-state index contributed by atoms with van der Waals surface area (Å²) in [6.07, 6.45) is 0. The average molecular weight is 184 g/mol. The maximum atomic E-state index is 13.1. The van der Waals surface area contributed by atoms with Crippen molar-refractivity contribution in [1.82, 2.24) is 0 Å². The van der Waals surface area contributed by atoms with Crippen molar-refractivity contribution < 1.29 is 9.31 Å². The highest BCUT2D eigenvalue weighted by Gasteiger charge is 2.20. The third-order valence-electron chi connectivity index (χ3n) is 1.68. The van der Waals surface area contributed by atoms with E-state index >= 15 is 0 Å². The molecule has 0 heterocycles. The van der Waals surface area contributed by atoms with Gasteiger partial charge in [0.25, 0.3) is 5.69 Å². The van der Waals surface area contributed by atoms with Crippen molar-refractivity contribution in [2.75, 3.05) is 0 Å². The molecule has 0 radical (unpaired) electrons. The quantitative estimate of drug-likeness (QED) is 0.562. The largest absolute Gasteiger partial charge is 0.324 e. The molecule has 0 spiro atoms. The summed E-state index contributed by atoms with van der Waals surface area (Å²) in [5.41, 5.74) is 5.09. The lowest BCUT2D eigenvalue weighted by Gasteiger charge is -2.06. The molecule has 0 fully saturated rings. The highest BCUT2D eigenvalue weighted by Crippen LogP contribution is 2.25. The molecule has 0 aliphatic carbocycles. The number of hydrogen-bond acceptors (Lipinski definition) is 3. The van der Waals surface area contributed by atoms with E-state index in [-0.39, 0.29) is 11.3 Å². The Hall–Kier alpha value is -1.49. The zero-order valence-corrected chi connectivity index (χ0v) is 7.03. The summed E-state index contributed by atoms with van der Waals surface area (Å²) in [6, 6.07) is 3.01. The summed E-state index contributed by atoms with van der Waals surface area (Å²) in [5, 5.41) is 10.5. The molecule has 0 aliphatic rings. The van der Waals surface area contributed by atoms with Crippen molar-refractivity contribution in [2.24, 2.45) is 5.73 Å². The van der Waals surface area contributed by atoms with Gasteiger partial charge in [0.2, 0.25) is 0 Å². The Bertz CT molecular complexity index is 339. The summed E-state index contributed by atoms with van der Waals surface area (Å²) in [5.74, 6) is -0.635. The van der Waals surface area contributed by atoms with Crippen LogP contribution in [0.1, 0.15) is 18.5 Å². The maximum absolute atomic E-state index is 13.1. The highest BCUT2D eigenvalue weighted by atomic mass is 19.1. The number of nitrogens with zero attached hydrogens (tertiary/aromatic N) is 1. The van der Waals surface area contributed by atoms with Gasteiger partial charge in [0.1, 0.15) is 5.82 Å². The van der Waals surface area contributed by atoms with E-state index in [2.05, 4.69) is 0 Å². The molecule has 0 amide bonds. The maximum Gasteiger partial charge on any atom is 0.277 e. The third-order valence-corrected chi connectivity index (χ3v) is 1.68. The fourth-order valence-electron chi connectivity index (χ4n) is 1.14. The summed E-state index contributed by atoms with van der Waals surface area (Å²) in [4.78, 5) is 9.82. The molecular weight excluding hydrogens is 175 g/mol. The van der Waals surface area contributed by atoms with Crippen molar-refractivity contribution in [1.29, 1.82) is 0 Å². The Morgan fingerprint density at radius 2 is 2.23 bits per heavy atom. The second-order valence-electron chi connectivity index (χ2n) is 2.72. The molecule has 1 unspecified atom stereocenters. The number of hydrogen-bond donors (Lipinski definition) is 1. The Morgan fingerprint density at radius 1 is 1.62 bits per heavy atom. The number of rotatable bonds is 2. The van der Waals surface area contributed by atoms with Gasteiger partial charge in [-0.2, -0.15) is 0 Å². The second-order valence-corrected chi connectivity index (χ2v) is 2.72. The van der Waals surface area contributed by atoms with Crippen molar-refractivity contribution in [3.05, 3.63) is 39.7 Å². The monoisotopic (exact) mass is 184 g/mol. The summed E-state index contributed by atoms with van der Waals surface area (Å²) in [7, 11) is 0. The summed E-state index contributed by atoms with van der Waals surface area (Å²) >= 11 is 0. The number of nitrogens with two attached hydrogens (primary N) is 1. The van der Waals surface area contributed by atoms with Gasteiger partial charge in [-0.25, -0.2) is 4.39 Å². The molecule has 1 rings (SSSR count). The molecule has 4 nitrogen and oxygen atoms in total. The van der Waals surface area contributed by atoms with Crippen LogP contribution in [0.3, 0.4) is 0 Å². The van der Waals surface area contributed by atoms with Crippen LogP contribution in [0.25, 0.3) is 0 Å². The molecule has 13 heavy (non-hydrogen) atoms. The number of halogens is 1. The smallest absolute Gasteiger partial charge is 0.277 e. The standard InChI is InChI=1S/C8H9FN2O2/c1-5(10)8-6(9)3-2-4-7(8)11(12)13/h2-5H,10H2,1H3. The molecule has 0 saturated heterocycles. The van der Waals surface area contributed by atoms with Crippen molar-refractivity contribution in [2.45, 2.75) is 13.0 Å². The molecule has 1 atom stereocenters. The van der Waals surface area contributed by atoms with Crippen LogP contribution >= 0.6 is 0 Å². The van der Waals surface area contributed by atoms with Crippen LogP contribution in [-0.4, -0.2) is 4.92 Å². The Morgan fingerprint density at radius 3 is 2.62 bits per heavy atom. The van der Waals surface area contributed by atoms with Gasteiger partial charge in [0.05, 0.1) is 10.5 Å². The minimum absolute atomic E-state index is 0.0486. The highest BCUT2D eigenvalue weighted by molar-refractivity contribution is 5.42. The van der Waals surface area contributed by atoms with E-state index in [1.807, 2.05) is 0 Å². The average Bonchev–Trinajstić information content (AvgIpc) is 2.02. The van der Waals surface area contributed by atoms with E-state index in [0.29, 0.717) is 0 Å². The van der Waals surface area contributed by atoms with Gasteiger partial charge >= 0.3 is 0 Å². The molecule has 1 aromatic carbocycles. The predicted molar refractivity (Wildman–Crippen MR) is 45.7 cm³/mol. The van der Waals surface area contributed by atoms with Crippen molar-refractivity contribution in [3.8, 4) is 0 Å². The molecule has 0 aromatic heterocycles. The van der Waals surface area contributed by atoms with Gasteiger partial charge in [0, 0.05) is 12.1 Å². The molecule has 0 bridgehead atoms. The Labute approximate surface area is 74.3 Å². The predicted octanol–water partition coefficient (Wildman–Crippen LogP) is 1.75. The molecule has 2 N–H and O–H groups in total. The first-order valence-corrected chi connectivity index (χ1v) is 3.72. The van der Waals surface area contributed by atoms with Crippen LogP contribution in [0.5, 0.6) is 0 Å². The second kappa shape index (κ2) is 3.49. The zero-order valence-electron chi connectivity index (χ0n) is 7.03. The number of nitro groups is 1. The third kappa shape index (κ3) is 1.81. The first kappa shape index (κ1) is 9.60. The van der Waals surface area contributed by atoms with E-state index < -0.39 is 16.8 Å². The Kier molecular flexibility index (Phi) is 2.57. The fraction of sp³-hybridized carbons (Fsp3) is 0.250. The zero-order chi connectivity index (χ0) is 10.0. The van der Waals surface area contributed by atoms with Crippen molar-refractivity contribution in [3.63, 3.8) is 0 Å². The van der Waals surface area contributed by atoms with Gasteiger partial charge in [-0.05, 0) is 13.0 Å². The number of nitro benzene ring substituents is 1. The van der Waals surface area contributed by atoms with Gasteiger partial charge in [0.15, 0.2) is 0 Å². The van der Waals surface area contributed by atoms with E-state index in [1.54, 1.807) is 0 Å². The van der Waals surface area contributed by atoms with Crippen LogP contribution in [0.15, 0.2) is 18.2 Å². The van der Waals surface area contributed by atoms with Crippen LogP contribution in [0.2, 0.25) is 0 Å².